The van der Waals surface area contributed by atoms with Crippen LogP contribution in [0.5, 0.6) is 0 Å². The highest BCUT2D eigenvalue weighted by molar-refractivity contribution is 7.92. The molecule has 214 valence electrons. The van der Waals surface area contributed by atoms with E-state index in [2.05, 4.69) is 5.32 Å². The summed E-state index contributed by atoms with van der Waals surface area (Å²) in [5.41, 5.74) is 3.17. The highest BCUT2D eigenvalue weighted by atomic mass is 35.5. The maximum absolute atomic E-state index is 14.1. The molecular formula is C31H38ClN3O4S. The van der Waals surface area contributed by atoms with Crippen molar-refractivity contribution in [3.63, 3.8) is 0 Å². The summed E-state index contributed by atoms with van der Waals surface area (Å²) in [5.74, 6) is -0.834. The van der Waals surface area contributed by atoms with E-state index in [0.717, 1.165) is 32.8 Å². The van der Waals surface area contributed by atoms with Crippen LogP contribution in [0, 0.1) is 13.8 Å². The largest absolute Gasteiger partial charge is 0.350 e. The van der Waals surface area contributed by atoms with E-state index in [1.807, 2.05) is 83.1 Å². The zero-order valence-corrected chi connectivity index (χ0v) is 25.5. The van der Waals surface area contributed by atoms with Crippen molar-refractivity contribution in [2.24, 2.45) is 0 Å². The molecule has 0 saturated heterocycles. The number of carbonyl (C=O) groups excluding carboxylic acids is 2. The standard InChI is InChI=1S/C31H38ClN3O4S/c1-22-15-16-27(23(2)17-22)35(40(6,38)39)21-29(36)34(20-25-13-10-14-26(32)18-25)28(30(37)33-31(3,4)5)19-24-11-8-7-9-12-24/h7-18,28H,19-21H2,1-6H3,(H,33,37)/t28-/m1/s1. The Morgan fingerprint density at radius 1 is 0.925 bits per heavy atom. The summed E-state index contributed by atoms with van der Waals surface area (Å²) < 4.78 is 27.0. The Bertz CT molecular complexity index is 1450. The third-order valence-electron chi connectivity index (χ3n) is 6.31. The predicted octanol–water partition coefficient (Wildman–Crippen LogP) is 5.28. The average molecular weight is 584 g/mol. The van der Waals surface area contributed by atoms with Gasteiger partial charge in [-0.05, 0) is 69.5 Å². The number of sulfonamides is 1. The molecule has 3 rings (SSSR count). The smallest absolute Gasteiger partial charge is 0.244 e. The van der Waals surface area contributed by atoms with Crippen LogP contribution >= 0.6 is 11.6 Å². The quantitative estimate of drug-likeness (QED) is 0.352. The normalized spacial score (nSPS) is 12.5. The molecular weight excluding hydrogens is 546 g/mol. The summed E-state index contributed by atoms with van der Waals surface area (Å²) in [4.78, 5) is 29.4. The third-order valence-corrected chi connectivity index (χ3v) is 7.67. The molecule has 0 aliphatic heterocycles. The van der Waals surface area contributed by atoms with Crippen LogP contribution < -0.4 is 9.62 Å². The van der Waals surface area contributed by atoms with Crippen LogP contribution in [0.25, 0.3) is 0 Å². The number of benzene rings is 3. The summed E-state index contributed by atoms with van der Waals surface area (Å²) in [6, 6.07) is 21.0. The van der Waals surface area contributed by atoms with Crippen LogP contribution in [0.4, 0.5) is 5.69 Å². The zero-order valence-electron chi connectivity index (χ0n) is 23.9. The Balaban J connectivity index is 2.09. The van der Waals surface area contributed by atoms with Crippen LogP contribution in [0.15, 0.2) is 72.8 Å². The van der Waals surface area contributed by atoms with Gasteiger partial charge in [0.05, 0.1) is 11.9 Å². The van der Waals surface area contributed by atoms with Crippen molar-refractivity contribution in [3.8, 4) is 0 Å². The van der Waals surface area contributed by atoms with Crippen molar-refractivity contribution < 1.29 is 18.0 Å². The summed E-state index contributed by atoms with van der Waals surface area (Å²) in [5, 5.41) is 3.51. The number of halogens is 1. The first-order valence-corrected chi connectivity index (χ1v) is 15.3. The lowest BCUT2D eigenvalue weighted by atomic mass is 10.0. The minimum Gasteiger partial charge on any atom is -0.350 e. The number of aryl methyl sites for hydroxylation is 2. The van der Waals surface area contributed by atoms with Gasteiger partial charge >= 0.3 is 0 Å². The second-order valence-electron chi connectivity index (χ2n) is 11.2. The predicted molar refractivity (Wildman–Crippen MR) is 162 cm³/mol. The number of anilines is 1. The molecule has 9 heteroatoms. The molecule has 0 fully saturated rings. The van der Waals surface area contributed by atoms with Gasteiger partial charge in [0.25, 0.3) is 0 Å². The molecule has 0 bridgehead atoms. The summed E-state index contributed by atoms with van der Waals surface area (Å²) in [6.07, 6.45) is 1.33. The van der Waals surface area contributed by atoms with Gasteiger partial charge in [0.1, 0.15) is 12.6 Å². The molecule has 0 aliphatic rings. The molecule has 0 spiro atoms. The number of rotatable bonds is 10. The zero-order chi connectivity index (χ0) is 29.7. The number of hydrogen-bond acceptors (Lipinski definition) is 4. The molecule has 0 aliphatic carbocycles. The fourth-order valence-corrected chi connectivity index (χ4v) is 5.64. The third kappa shape index (κ3) is 8.83. The van der Waals surface area contributed by atoms with E-state index >= 15 is 0 Å². The minimum atomic E-state index is -3.83. The van der Waals surface area contributed by atoms with Gasteiger partial charge in [-0.1, -0.05) is 71.8 Å². The van der Waals surface area contributed by atoms with Gasteiger partial charge in [-0.3, -0.25) is 13.9 Å². The monoisotopic (exact) mass is 583 g/mol. The molecule has 0 radical (unpaired) electrons. The summed E-state index contributed by atoms with van der Waals surface area (Å²) >= 11 is 6.25. The van der Waals surface area contributed by atoms with E-state index in [4.69, 9.17) is 11.6 Å². The molecule has 0 aromatic heterocycles. The summed E-state index contributed by atoms with van der Waals surface area (Å²) in [7, 11) is -3.83. The Labute approximate surface area is 243 Å². The topological polar surface area (TPSA) is 86.8 Å². The fraction of sp³-hybridized carbons (Fsp3) is 0.355. The van der Waals surface area contributed by atoms with E-state index in [0.29, 0.717) is 10.7 Å². The fourth-order valence-electron chi connectivity index (χ4n) is 4.52. The van der Waals surface area contributed by atoms with Crippen molar-refractivity contribution in [2.45, 2.75) is 59.2 Å². The van der Waals surface area contributed by atoms with Gasteiger partial charge in [-0.2, -0.15) is 0 Å². The number of amides is 2. The molecule has 2 amide bonds. The first-order valence-electron chi connectivity index (χ1n) is 13.1. The first kappa shape index (κ1) is 31.2. The maximum Gasteiger partial charge on any atom is 0.244 e. The van der Waals surface area contributed by atoms with Gasteiger partial charge in [0.2, 0.25) is 21.8 Å². The van der Waals surface area contributed by atoms with E-state index < -0.39 is 34.1 Å². The Morgan fingerprint density at radius 3 is 2.15 bits per heavy atom. The maximum atomic E-state index is 14.1. The first-order chi connectivity index (χ1) is 18.6. The molecule has 7 nitrogen and oxygen atoms in total. The molecule has 0 saturated carbocycles. The molecule has 0 heterocycles. The molecule has 1 atom stereocenters. The van der Waals surface area contributed by atoms with Crippen molar-refractivity contribution in [2.75, 3.05) is 17.1 Å². The number of hydrogen-bond donors (Lipinski definition) is 1. The molecule has 3 aromatic rings. The van der Waals surface area contributed by atoms with E-state index in [-0.39, 0.29) is 18.9 Å². The van der Waals surface area contributed by atoms with Crippen LogP contribution in [0.3, 0.4) is 0 Å². The minimum absolute atomic E-state index is 0.0684. The van der Waals surface area contributed by atoms with Gasteiger partial charge in [0.15, 0.2) is 0 Å². The van der Waals surface area contributed by atoms with Crippen LogP contribution in [-0.2, 0) is 32.6 Å². The van der Waals surface area contributed by atoms with E-state index in [9.17, 15) is 18.0 Å². The van der Waals surface area contributed by atoms with Crippen LogP contribution in [-0.4, -0.2) is 49.5 Å². The molecule has 40 heavy (non-hydrogen) atoms. The van der Waals surface area contributed by atoms with Gasteiger partial charge in [0, 0.05) is 23.5 Å². The number of carbonyl (C=O) groups is 2. The van der Waals surface area contributed by atoms with Gasteiger partial charge < -0.3 is 10.2 Å². The molecule has 1 N–H and O–H groups in total. The highest BCUT2D eigenvalue weighted by Crippen LogP contribution is 2.25. The van der Waals surface area contributed by atoms with Crippen molar-refractivity contribution in [1.29, 1.82) is 0 Å². The Hall–Kier alpha value is -3.36. The Kier molecular flexibility index (Phi) is 10.0. The molecule has 3 aromatic carbocycles. The lowest BCUT2D eigenvalue weighted by Crippen LogP contribution is -2.56. The van der Waals surface area contributed by atoms with Gasteiger partial charge in [-0.25, -0.2) is 8.42 Å². The van der Waals surface area contributed by atoms with Crippen LogP contribution in [0.2, 0.25) is 5.02 Å². The lowest BCUT2D eigenvalue weighted by molar-refractivity contribution is -0.140. The van der Waals surface area contributed by atoms with Crippen molar-refractivity contribution in [1.82, 2.24) is 10.2 Å². The van der Waals surface area contributed by atoms with Gasteiger partial charge in [-0.15, -0.1) is 0 Å². The second-order valence-corrected chi connectivity index (χ2v) is 13.5. The lowest BCUT2D eigenvalue weighted by Gasteiger charge is -2.35. The number of nitrogens with one attached hydrogen (secondary N) is 1. The Morgan fingerprint density at radius 2 is 1.57 bits per heavy atom. The van der Waals surface area contributed by atoms with Crippen molar-refractivity contribution >= 4 is 39.1 Å². The number of nitrogens with zero attached hydrogens (tertiary/aromatic N) is 2. The van der Waals surface area contributed by atoms with E-state index in [1.165, 1.54) is 4.90 Å². The molecule has 0 unspecified atom stereocenters. The SMILES string of the molecule is Cc1ccc(N(CC(=O)N(Cc2cccc(Cl)c2)[C@H](Cc2ccccc2)C(=O)NC(C)(C)C)S(C)(=O)=O)c(C)c1. The summed E-state index contributed by atoms with van der Waals surface area (Å²) in [6.45, 7) is 8.96. The highest BCUT2D eigenvalue weighted by Gasteiger charge is 2.34. The van der Waals surface area contributed by atoms with E-state index in [1.54, 1.807) is 24.3 Å². The van der Waals surface area contributed by atoms with Crippen molar-refractivity contribution in [3.05, 3.63) is 100 Å². The average Bonchev–Trinajstić information content (AvgIpc) is 2.84. The second kappa shape index (κ2) is 12.9. The van der Waals surface area contributed by atoms with Crippen LogP contribution in [0.1, 0.15) is 43.0 Å².